The summed E-state index contributed by atoms with van der Waals surface area (Å²) in [5.74, 6) is 1.38. The number of likely N-dealkylation sites (tertiary alicyclic amines) is 1. The molecule has 0 bridgehead atoms. The zero-order chi connectivity index (χ0) is 13.8. The average molecular weight is 262 g/mol. The Hall–Kier alpha value is -1.65. The number of nitrogens with zero attached hydrogens (tertiary/aromatic N) is 3. The lowest BCUT2D eigenvalue weighted by molar-refractivity contribution is 0.0718. The number of piperidine rings is 1. The van der Waals surface area contributed by atoms with Crippen LogP contribution in [0.3, 0.4) is 0 Å². The second-order valence-electron chi connectivity index (χ2n) is 5.34. The number of hydrogen-bond donors (Lipinski definition) is 1. The van der Waals surface area contributed by atoms with Crippen molar-refractivity contribution in [3.63, 3.8) is 0 Å². The number of amides is 1. The van der Waals surface area contributed by atoms with Crippen LogP contribution in [0.5, 0.6) is 0 Å². The molecule has 0 saturated carbocycles. The summed E-state index contributed by atoms with van der Waals surface area (Å²) in [7, 11) is 0. The first kappa shape index (κ1) is 13.8. The van der Waals surface area contributed by atoms with Gasteiger partial charge in [-0.15, -0.1) is 0 Å². The standard InChI is InChI=1S/C14H22N4O/c1-10(2)15-13-9-12(16-11(3)17-13)14(19)18-7-5-4-6-8-18/h9-10H,4-8H2,1-3H3,(H,15,16,17). The Labute approximate surface area is 114 Å². The molecule has 19 heavy (non-hydrogen) atoms. The van der Waals surface area contributed by atoms with Crippen LogP contribution in [-0.2, 0) is 0 Å². The van der Waals surface area contributed by atoms with Gasteiger partial charge in [0, 0.05) is 25.2 Å². The van der Waals surface area contributed by atoms with Crippen LogP contribution < -0.4 is 5.32 Å². The third-order valence-electron chi connectivity index (χ3n) is 3.14. The van der Waals surface area contributed by atoms with Gasteiger partial charge >= 0.3 is 0 Å². The van der Waals surface area contributed by atoms with E-state index in [1.54, 1.807) is 6.07 Å². The average Bonchev–Trinajstić information content (AvgIpc) is 2.37. The minimum Gasteiger partial charge on any atom is -0.368 e. The molecule has 0 atom stereocenters. The molecular formula is C14H22N4O. The van der Waals surface area contributed by atoms with Crippen molar-refractivity contribution >= 4 is 11.7 Å². The van der Waals surface area contributed by atoms with Crippen molar-refractivity contribution in [2.24, 2.45) is 0 Å². The Kier molecular flexibility index (Phi) is 4.35. The Morgan fingerprint density at radius 2 is 1.95 bits per heavy atom. The van der Waals surface area contributed by atoms with Crippen LogP contribution in [0.2, 0.25) is 0 Å². The molecule has 104 valence electrons. The third kappa shape index (κ3) is 3.66. The van der Waals surface area contributed by atoms with E-state index in [1.165, 1.54) is 6.42 Å². The van der Waals surface area contributed by atoms with Gasteiger partial charge in [0.1, 0.15) is 17.3 Å². The maximum atomic E-state index is 12.4. The fourth-order valence-electron chi connectivity index (χ4n) is 2.31. The highest BCUT2D eigenvalue weighted by atomic mass is 16.2. The number of aromatic nitrogens is 2. The monoisotopic (exact) mass is 262 g/mol. The summed E-state index contributed by atoms with van der Waals surface area (Å²) in [4.78, 5) is 22.9. The minimum atomic E-state index is 0.0250. The first-order valence-electron chi connectivity index (χ1n) is 6.98. The van der Waals surface area contributed by atoms with E-state index in [4.69, 9.17) is 0 Å². The van der Waals surface area contributed by atoms with E-state index in [9.17, 15) is 4.79 Å². The van der Waals surface area contributed by atoms with Gasteiger partial charge in [0.2, 0.25) is 0 Å². The highest BCUT2D eigenvalue weighted by Gasteiger charge is 2.20. The molecule has 1 aromatic rings. The third-order valence-corrected chi connectivity index (χ3v) is 3.14. The first-order valence-corrected chi connectivity index (χ1v) is 6.98. The molecule has 0 aliphatic carbocycles. The van der Waals surface area contributed by atoms with Gasteiger partial charge in [0.15, 0.2) is 0 Å². The molecule has 5 nitrogen and oxygen atoms in total. The number of carbonyl (C=O) groups excluding carboxylic acids is 1. The first-order chi connectivity index (χ1) is 9.06. The van der Waals surface area contributed by atoms with Crippen LogP contribution in [0.1, 0.15) is 49.4 Å². The number of aryl methyl sites for hydroxylation is 1. The van der Waals surface area contributed by atoms with Crippen molar-refractivity contribution in [2.45, 2.75) is 46.1 Å². The smallest absolute Gasteiger partial charge is 0.272 e. The van der Waals surface area contributed by atoms with Gasteiger partial charge in [0.25, 0.3) is 5.91 Å². The van der Waals surface area contributed by atoms with Crippen molar-refractivity contribution in [2.75, 3.05) is 18.4 Å². The second kappa shape index (κ2) is 5.99. The second-order valence-corrected chi connectivity index (χ2v) is 5.34. The Balaban J connectivity index is 2.18. The van der Waals surface area contributed by atoms with Crippen molar-refractivity contribution < 1.29 is 4.79 Å². The maximum absolute atomic E-state index is 12.4. The van der Waals surface area contributed by atoms with Crippen LogP contribution in [0.15, 0.2) is 6.07 Å². The van der Waals surface area contributed by atoms with Gasteiger partial charge in [-0.25, -0.2) is 9.97 Å². The van der Waals surface area contributed by atoms with E-state index < -0.39 is 0 Å². The Morgan fingerprint density at radius 3 is 2.58 bits per heavy atom. The quantitative estimate of drug-likeness (QED) is 0.907. The molecule has 0 radical (unpaired) electrons. The molecule has 1 aliphatic heterocycles. The van der Waals surface area contributed by atoms with Crippen molar-refractivity contribution in [1.29, 1.82) is 0 Å². The van der Waals surface area contributed by atoms with Gasteiger partial charge in [0.05, 0.1) is 0 Å². The lowest BCUT2D eigenvalue weighted by Gasteiger charge is -2.26. The number of rotatable bonds is 3. The number of carbonyl (C=O) groups is 1. The number of anilines is 1. The van der Waals surface area contributed by atoms with E-state index >= 15 is 0 Å². The highest BCUT2D eigenvalue weighted by Crippen LogP contribution is 2.14. The molecule has 1 aromatic heterocycles. The van der Waals surface area contributed by atoms with Crippen molar-refractivity contribution in [3.05, 3.63) is 17.6 Å². The molecule has 1 fully saturated rings. The molecule has 1 aliphatic rings. The zero-order valence-electron chi connectivity index (χ0n) is 11.9. The van der Waals surface area contributed by atoms with E-state index in [1.807, 2.05) is 25.7 Å². The normalized spacial score (nSPS) is 15.7. The van der Waals surface area contributed by atoms with Gasteiger partial charge in [-0.1, -0.05) is 0 Å². The predicted octanol–water partition coefficient (Wildman–Crippen LogP) is 2.23. The molecule has 2 heterocycles. The Morgan fingerprint density at radius 1 is 1.26 bits per heavy atom. The van der Waals surface area contributed by atoms with E-state index in [-0.39, 0.29) is 11.9 Å². The SMILES string of the molecule is Cc1nc(NC(C)C)cc(C(=O)N2CCCCC2)n1. The van der Waals surface area contributed by atoms with E-state index in [0.29, 0.717) is 11.5 Å². The van der Waals surface area contributed by atoms with Gasteiger partial charge < -0.3 is 10.2 Å². The highest BCUT2D eigenvalue weighted by molar-refractivity contribution is 5.93. The minimum absolute atomic E-state index is 0.0250. The number of nitrogens with one attached hydrogen (secondary N) is 1. The van der Waals surface area contributed by atoms with Crippen LogP contribution in [-0.4, -0.2) is 39.9 Å². The summed E-state index contributed by atoms with van der Waals surface area (Å²) in [6.45, 7) is 7.59. The molecule has 0 unspecified atom stereocenters. The summed E-state index contributed by atoms with van der Waals surface area (Å²) in [6, 6.07) is 2.04. The maximum Gasteiger partial charge on any atom is 0.272 e. The van der Waals surface area contributed by atoms with E-state index in [0.717, 1.165) is 31.7 Å². The molecule has 1 amide bonds. The molecule has 0 aromatic carbocycles. The van der Waals surface area contributed by atoms with Gasteiger partial charge in [-0.05, 0) is 40.0 Å². The van der Waals surface area contributed by atoms with Crippen LogP contribution in [0.4, 0.5) is 5.82 Å². The molecule has 2 rings (SSSR count). The predicted molar refractivity (Wildman–Crippen MR) is 75.3 cm³/mol. The Bertz CT molecular complexity index is 453. The van der Waals surface area contributed by atoms with Crippen molar-refractivity contribution in [1.82, 2.24) is 14.9 Å². The van der Waals surface area contributed by atoms with Crippen molar-refractivity contribution in [3.8, 4) is 0 Å². The molecule has 5 heteroatoms. The summed E-state index contributed by atoms with van der Waals surface area (Å²) in [5, 5.41) is 3.22. The molecule has 1 N–H and O–H groups in total. The van der Waals surface area contributed by atoms with Gasteiger partial charge in [-0.2, -0.15) is 0 Å². The van der Waals surface area contributed by atoms with Crippen LogP contribution in [0.25, 0.3) is 0 Å². The molecule has 0 spiro atoms. The summed E-state index contributed by atoms with van der Waals surface area (Å²) < 4.78 is 0. The summed E-state index contributed by atoms with van der Waals surface area (Å²) in [6.07, 6.45) is 3.40. The molecular weight excluding hydrogens is 240 g/mol. The van der Waals surface area contributed by atoms with Crippen LogP contribution >= 0.6 is 0 Å². The largest absolute Gasteiger partial charge is 0.368 e. The fourth-order valence-corrected chi connectivity index (χ4v) is 2.31. The lowest BCUT2D eigenvalue weighted by atomic mass is 10.1. The molecule has 1 saturated heterocycles. The van der Waals surface area contributed by atoms with Gasteiger partial charge in [-0.3, -0.25) is 4.79 Å². The topological polar surface area (TPSA) is 58.1 Å². The number of hydrogen-bond acceptors (Lipinski definition) is 4. The zero-order valence-corrected chi connectivity index (χ0v) is 11.9. The summed E-state index contributed by atoms with van der Waals surface area (Å²) >= 11 is 0. The summed E-state index contributed by atoms with van der Waals surface area (Å²) in [5.41, 5.74) is 0.498. The van der Waals surface area contributed by atoms with Crippen LogP contribution in [0, 0.1) is 6.92 Å². The fraction of sp³-hybridized carbons (Fsp3) is 0.643. The van der Waals surface area contributed by atoms with E-state index in [2.05, 4.69) is 15.3 Å². The lowest BCUT2D eigenvalue weighted by Crippen LogP contribution is -2.36.